The molecule has 0 fully saturated rings. The average molecular weight is 217 g/mol. The van der Waals surface area contributed by atoms with Crippen LogP contribution in [0.2, 0.25) is 0 Å². The highest BCUT2D eigenvalue weighted by Gasteiger charge is 2.01. The summed E-state index contributed by atoms with van der Waals surface area (Å²) in [5, 5.41) is 8.38. The van der Waals surface area contributed by atoms with Gasteiger partial charge in [0, 0.05) is 6.20 Å². The van der Waals surface area contributed by atoms with Crippen molar-refractivity contribution < 1.29 is 9.90 Å². The van der Waals surface area contributed by atoms with Crippen molar-refractivity contribution in [2.75, 3.05) is 0 Å². The highest BCUT2D eigenvalue weighted by molar-refractivity contribution is 9.10. The van der Waals surface area contributed by atoms with Crippen LogP contribution in [0.4, 0.5) is 0 Å². The largest absolute Gasteiger partial charge is 0.481 e. The Morgan fingerprint density at radius 1 is 1.73 bits per heavy atom. The van der Waals surface area contributed by atoms with Crippen LogP contribution in [-0.2, 0) is 11.2 Å². The fourth-order valence-electron chi connectivity index (χ4n) is 0.623. The van der Waals surface area contributed by atoms with Crippen molar-refractivity contribution >= 4 is 21.9 Å². The van der Waals surface area contributed by atoms with Gasteiger partial charge in [0.2, 0.25) is 0 Å². The predicted molar refractivity (Wildman–Crippen MR) is 41.1 cm³/mol. The summed E-state index contributed by atoms with van der Waals surface area (Å²) in [6.45, 7) is 0. The second kappa shape index (κ2) is 3.43. The number of carbonyl (C=O) groups is 1. The summed E-state index contributed by atoms with van der Waals surface area (Å²) in [4.78, 5) is 17.8. The van der Waals surface area contributed by atoms with Gasteiger partial charge in [0.25, 0.3) is 0 Å². The van der Waals surface area contributed by atoms with E-state index in [0.717, 1.165) is 0 Å². The topological polar surface area (TPSA) is 63.1 Å². The lowest BCUT2D eigenvalue weighted by molar-refractivity contribution is -0.136. The number of carboxylic acids is 1. The molecule has 1 aromatic heterocycles. The van der Waals surface area contributed by atoms with Crippen molar-refractivity contribution in [1.82, 2.24) is 9.97 Å². The lowest BCUT2D eigenvalue weighted by atomic mass is 10.3. The van der Waals surface area contributed by atoms with Crippen LogP contribution in [0, 0.1) is 0 Å². The number of hydrogen-bond donors (Lipinski definition) is 1. The molecule has 1 rings (SSSR count). The van der Waals surface area contributed by atoms with E-state index in [2.05, 4.69) is 25.9 Å². The van der Waals surface area contributed by atoms with E-state index in [9.17, 15) is 4.79 Å². The van der Waals surface area contributed by atoms with Gasteiger partial charge in [-0.2, -0.15) is 0 Å². The Kier molecular flexibility index (Phi) is 2.53. The van der Waals surface area contributed by atoms with E-state index in [1.165, 1.54) is 6.20 Å². The van der Waals surface area contributed by atoms with Crippen molar-refractivity contribution in [3.8, 4) is 0 Å². The minimum Gasteiger partial charge on any atom is -0.481 e. The third-order valence-electron chi connectivity index (χ3n) is 1.02. The zero-order chi connectivity index (χ0) is 8.27. The summed E-state index contributed by atoms with van der Waals surface area (Å²) in [7, 11) is 0. The van der Waals surface area contributed by atoms with Gasteiger partial charge in [-0.15, -0.1) is 0 Å². The van der Waals surface area contributed by atoms with Gasteiger partial charge in [0.1, 0.15) is 0 Å². The predicted octanol–water partition coefficient (Wildman–Crippen LogP) is 0.866. The molecular weight excluding hydrogens is 212 g/mol. The lowest BCUT2D eigenvalue weighted by Crippen LogP contribution is -2.02. The monoisotopic (exact) mass is 216 g/mol. The number of aromatic nitrogens is 2. The highest BCUT2D eigenvalue weighted by atomic mass is 79.9. The van der Waals surface area contributed by atoms with E-state index >= 15 is 0 Å². The van der Waals surface area contributed by atoms with E-state index < -0.39 is 5.97 Å². The zero-order valence-electron chi connectivity index (χ0n) is 5.49. The Labute approximate surface area is 71.4 Å². The second-order valence-electron chi connectivity index (χ2n) is 1.89. The van der Waals surface area contributed by atoms with Gasteiger partial charge in [-0.1, -0.05) is 0 Å². The number of hydrogen-bond acceptors (Lipinski definition) is 3. The molecule has 0 aliphatic rings. The molecule has 0 aliphatic carbocycles. The number of nitrogens with zero attached hydrogens (tertiary/aromatic N) is 2. The summed E-state index contributed by atoms with van der Waals surface area (Å²) in [6.07, 6.45) is 1.44. The summed E-state index contributed by atoms with van der Waals surface area (Å²) in [5.74, 6) is -0.893. The minimum atomic E-state index is -0.893. The molecule has 0 spiro atoms. The number of rotatable bonds is 2. The molecule has 58 valence electrons. The maximum Gasteiger partial charge on any atom is 0.309 e. The van der Waals surface area contributed by atoms with Crippen LogP contribution in [0.1, 0.15) is 5.69 Å². The molecule has 0 atom stereocenters. The first-order valence-corrected chi connectivity index (χ1v) is 3.67. The molecule has 0 aromatic carbocycles. The SMILES string of the molecule is O=C(O)Cc1ccnc(Br)n1. The Bertz CT molecular complexity index is 277. The molecule has 1 heterocycles. The van der Waals surface area contributed by atoms with Crippen molar-refractivity contribution in [3.63, 3.8) is 0 Å². The molecule has 11 heavy (non-hydrogen) atoms. The van der Waals surface area contributed by atoms with E-state index in [4.69, 9.17) is 5.11 Å². The smallest absolute Gasteiger partial charge is 0.309 e. The molecule has 0 bridgehead atoms. The molecule has 1 N–H and O–H groups in total. The first-order chi connectivity index (χ1) is 5.18. The van der Waals surface area contributed by atoms with Crippen LogP contribution in [-0.4, -0.2) is 21.0 Å². The Morgan fingerprint density at radius 3 is 3.00 bits per heavy atom. The van der Waals surface area contributed by atoms with Crippen LogP contribution < -0.4 is 0 Å². The molecule has 0 amide bonds. The normalized spacial score (nSPS) is 9.55. The maximum absolute atomic E-state index is 10.2. The lowest BCUT2D eigenvalue weighted by Gasteiger charge is -1.94. The van der Waals surface area contributed by atoms with Gasteiger partial charge >= 0.3 is 5.97 Å². The molecule has 4 nitrogen and oxygen atoms in total. The fraction of sp³-hybridized carbons (Fsp3) is 0.167. The van der Waals surface area contributed by atoms with E-state index in [1.54, 1.807) is 6.07 Å². The number of aliphatic carboxylic acids is 1. The molecule has 0 unspecified atom stereocenters. The molecule has 1 aromatic rings. The standard InChI is InChI=1S/C6H5BrN2O2/c7-6-8-2-1-4(9-6)3-5(10)11/h1-2H,3H2,(H,10,11). The Hall–Kier alpha value is -0.970. The van der Waals surface area contributed by atoms with Crippen LogP contribution in [0.25, 0.3) is 0 Å². The van der Waals surface area contributed by atoms with Crippen molar-refractivity contribution in [2.45, 2.75) is 6.42 Å². The molecule has 0 saturated carbocycles. The highest BCUT2D eigenvalue weighted by Crippen LogP contribution is 2.02. The number of halogens is 1. The van der Waals surface area contributed by atoms with Crippen LogP contribution >= 0.6 is 15.9 Å². The van der Waals surface area contributed by atoms with Gasteiger partial charge in [0.15, 0.2) is 4.73 Å². The summed E-state index contributed by atoms with van der Waals surface area (Å²) in [6, 6.07) is 1.57. The Balaban J connectivity index is 2.79. The zero-order valence-corrected chi connectivity index (χ0v) is 7.08. The maximum atomic E-state index is 10.2. The Morgan fingerprint density at radius 2 is 2.45 bits per heavy atom. The third kappa shape index (κ3) is 2.63. The van der Waals surface area contributed by atoms with Crippen molar-refractivity contribution in [1.29, 1.82) is 0 Å². The fourth-order valence-corrected chi connectivity index (χ4v) is 0.969. The summed E-state index contributed by atoms with van der Waals surface area (Å²) in [5.41, 5.74) is 0.499. The molecular formula is C6H5BrN2O2. The average Bonchev–Trinajstić information content (AvgIpc) is 1.85. The minimum absolute atomic E-state index is 0.0683. The number of carboxylic acid groups (broad SMARTS) is 1. The second-order valence-corrected chi connectivity index (χ2v) is 2.60. The van der Waals surface area contributed by atoms with Crippen LogP contribution in [0.5, 0.6) is 0 Å². The first kappa shape index (κ1) is 8.13. The van der Waals surface area contributed by atoms with Gasteiger partial charge in [0.05, 0.1) is 12.1 Å². The molecule has 0 radical (unpaired) electrons. The first-order valence-electron chi connectivity index (χ1n) is 2.87. The van der Waals surface area contributed by atoms with Crippen LogP contribution in [0.15, 0.2) is 17.0 Å². The van der Waals surface area contributed by atoms with Gasteiger partial charge in [-0.05, 0) is 22.0 Å². The molecule has 0 aliphatic heterocycles. The van der Waals surface area contributed by atoms with Gasteiger partial charge < -0.3 is 5.11 Å². The van der Waals surface area contributed by atoms with E-state index in [-0.39, 0.29) is 6.42 Å². The van der Waals surface area contributed by atoms with Gasteiger partial charge in [-0.3, -0.25) is 4.79 Å². The molecule has 0 saturated heterocycles. The van der Waals surface area contributed by atoms with Crippen LogP contribution in [0.3, 0.4) is 0 Å². The summed E-state index contributed by atoms with van der Waals surface area (Å²) >= 11 is 3.04. The van der Waals surface area contributed by atoms with E-state index in [0.29, 0.717) is 10.4 Å². The van der Waals surface area contributed by atoms with Crippen molar-refractivity contribution in [2.24, 2.45) is 0 Å². The quantitative estimate of drug-likeness (QED) is 0.746. The van der Waals surface area contributed by atoms with Crippen molar-refractivity contribution in [3.05, 3.63) is 22.7 Å². The molecule has 5 heteroatoms. The third-order valence-corrected chi connectivity index (χ3v) is 1.40. The van der Waals surface area contributed by atoms with E-state index in [1.807, 2.05) is 0 Å². The van der Waals surface area contributed by atoms with Gasteiger partial charge in [-0.25, -0.2) is 9.97 Å². The summed E-state index contributed by atoms with van der Waals surface area (Å²) < 4.78 is 0.413.